The van der Waals surface area contributed by atoms with Crippen molar-refractivity contribution in [2.75, 3.05) is 18.4 Å². The molecular weight excluding hydrogens is 452 g/mol. The van der Waals surface area contributed by atoms with E-state index >= 15 is 0 Å². The maximum Gasteiger partial charge on any atom is 0.295 e. The maximum atomic E-state index is 14.5. The summed E-state index contributed by atoms with van der Waals surface area (Å²) in [5, 5.41) is 3.17. The molecule has 1 saturated heterocycles. The summed E-state index contributed by atoms with van der Waals surface area (Å²) in [5.74, 6) is -0.574. The molecule has 3 heterocycles. The molecule has 4 aromatic rings. The molecule has 180 valence electrons. The number of rotatable bonds is 5. The fraction of sp³-hybridized carbons (Fsp3) is 0.308. The Bertz CT molecular complexity index is 1380. The third-order valence-electron chi connectivity index (χ3n) is 6.51. The number of anilines is 1. The predicted molar refractivity (Wildman–Crippen MR) is 128 cm³/mol. The fourth-order valence-corrected chi connectivity index (χ4v) is 4.77. The van der Waals surface area contributed by atoms with E-state index in [1.54, 1.807) is 30.3 Å². The van der Waals surface area contributed by atoms with Gasteiger partial charge in [-0.25, -0.2) is 18.7 Å². The number of hydrogen-bond donors (Lipinski definition) is 1. The van der Waals surface area contributed by atoms with Crippen molar-refractivity contribution in [3.05, 3.63) is 71.6 Å². The summed E-state index contributed by atoms with van der Waals surface area (Å²) < 4.78 is 33.6. The summed E-state index contributed by atoms with van der Waals surface area (Å²) in [6.45, 7) is 4.76. The molecule has 1 fully saturated rings. The lowest BCUT2D eigenvalue weighted by molar-refractivity contribution is 0.0539. The van der Waals surface area contributed by atoms with Gasteiger partial charge in [-0.2, -0.15) is 4.98 Å². The smallest absolute Gasteiger partial charge is 0.295 e. The Morgan fingerprint density at radius 1 is 1.17 bits per heavy atom. The first kappa shape index (κ1) is 22.9. The van der Waals surface area contributed by atoms with Crippen LogP contribution in [-0.2, 0) is 0 Å². The number of amides is 1. The molecule has 1 N–H and O–H groups in total. The molecule has 5 rings (SSSR count). The quantitative estimate of drug-likeness (QED) is 0.424. The van der Waals surface area contributed by atoms with E-state index in [-0.39, 0.29) is 29.4 Å². The molecular formula is C26H25F2N5O2. The van der Waals surface area contributed by atoms with Gasteiger partial charge in [-0.1, -0.05) is 6.92 Å². The molecule has 0 spiro atoms. The molecule has 35 heavy (non-hydrogen) atoms. The summed E-state index contributed by atoms with van der Waals surface area (Å²) in [6.07, 6.45) is 4.99. The van der Waals surface area contributed by atoms with Gasteiger partial charge in [-0.15, -0.1) is 0 Å². The van der Waals surface area contributed by atoms with Crippen LogP contribution < -0.4 is 5.32 Å². The van der Waals surface area contributed by atoms with E-state index in [2.05, 4.69) is 27.2 Å². The second-order valence-corrected chi connectivity index (χ2v) is 8.92. The van der Waals surface area contributed by atoms with Gasteiger partial charge in [-0.3, -0.25) is 4.79 Å². The van der Waals surface area contributed by atoms with E-state index in [1.165, 1.54) is 30.3 Å². The SMILES string of the molecule is Cc1cc(F)cc(C(=O)N2CCC[C@@H](C)[C@H]2CNc2nc3cc(F)ccc3o2)c1-c1ncccn1. The monoisotopic (exact) mass is 477 g/mol. The molecule has 9 heteroatoms. The van der Waals surface area contributed by atoms with Crippen molar-refractivity contribution < 1.29 is 18.0 Å². The number of halogens is 2. The zero-order chi connectivity index (χ0) is 24.5. The molecule has 0 bridgehead atoms. The number of oxazole rings is 1. The minimum absolute atomic E-state index is 0.184. The summed E-state index contributed by atoms with van der Waals surface area (Å²) in [5.41, 5.74) is 2.26. The van der Waals surface area contributed by atoms with Crippen molar-refractivity contribution in [2.24, 2.45) is 5.92 Å². The van der Waals surface area contributed by atoms with Crippen molar-refractivity contribution in [3.8, 4) is 11.4 Å². The van der Waals surface area contributed by atoms with Gasteiger partial charge in [-0.05, 0) is 61.6 Å². The number of aromatic nitrogens is 3. The van der Waals surface area contributed by atoms with Gasteiger partial charge >= 0.3 is 0 Å². The summed E-state index contributed by atoms with van der Waals surface area (Å²) in [6, 6.07) is 8.57. The molecule has 2 atom stereocenters. The molecule has 7 nitrogen and oxygen atoms in total. The third-order valence-corrected chi connectivity index (χ3v) is 6.51. The van der Waals surface area contributed by atoms with Crippen LogP contribution >= 0.6 is 0 Å². The van der Waals surface area contributed by atoms with Crippen LogP contribution in [0, 0.1) is 24.5 Å². The number of benzene rings is 2. The van der Waals surface area contributed by atoms with Crippen molar-refractivity contribution in [1.82, 2.24) is 19.9 Å². The second kappa shape index (κ2) is 9.40. The molecule has 0 radical (unpaired) electrons. The normalized spacial score (nSPS) is 18.1. The number of piperidine rings is 1. The highest BCUT2D eigenvalue weighted by atomic mass is 19.1. The third kappa shape index (κ3) is 4.58. The van der Waals surface area contributed by atoms with Gasteiger partial charge < -0.3 is 14.6 Å². The van der Waals surface area contributed by atoms with Crippen LogP contribution in [0.15, 0.2) is 53.2 Å². The Labute approximate surface area is 201 Å². The first-order valence-electron chi connectivity index (χ1n) is 11.6. The van der Waals surface area contributed by atoms with Gasteiger partial charge in [0.1, 0.15) is 17.2 Å². The number of fused-ring (bicyclic) bond motifs is 1. The first-order chi connectivity index (χ1) is 16.9. The number of nitrogens with one attached hydrogen (secondary N) is 1. The first-order valence-corrected chi connectivity index (χ1v) is 11.6. The number of aryl methyl sites for hydroxylation is 1. The Hall–Kier alpha value is -3.88. The van der Waals surface area contributed by atoms with Crippen LogP contribution in [0.2, 0.25) is 0 Å². The highest BCUT2D eigenvalue weighted by Gasteiger charge is 2.34. The second-order valence-electron chi connectivity index (χ2n) is 8.92. The highest BCUT2D eigenvalue weighted by molar-refractivity contribution is 6.01. The van der Waals surface area contributed by atoms with Crippen molar-refractivity contribution in [1.29, 1.82) is 0 Å². The number of nitrogens with zero attached hydrogens (tertiary/aromatic N) is 4. The van der Waals surface area contributed by atoms with Crippen LogP contribution in [0.1, 0.15) is 35.7 Å². The molecule has 0 unspecified atom stereocenters. The largest absolute Gasteiger partial charge is 0.424 e. The predicted octanol–water partition coefficient (Wildman–Crippen LogP) is 5.22. The molecule has 2 aromatic carbocycles. The van der Waals surface area contributed by atoms with E-state index in [4.69, 9.17) is 4.42 Å². The van der Waals surface area contributed by atoms with Crippen LogP contribution in [0.3, 0.4) is 0 Å². The average Bonchev–Trinajstić information content (AvgIpc) is 3.24. The summed E-state index contributed by atoms with van der Waals surface area (Å²) in [7, 11) is 0. The van der Waals surface area contributed by atoms with Gasteiger partial charge in [0, 0.05) is 37.1 Å². The van der Waals surface area contributed by atoms with E-state index in [9.17, 15) is 13.6 Å². The van der Waals surface area contributed by atoms with E-state index < -0.39 is 11.6 Å². The molecule has 2 aromatic heterocycles. The Morgan fingerprint density at radius 2 is 1.97 bits per heavy atom. The summed E-state index contributed by atoms with van der Waals surface area (Å²) >= 11 is 0. The fourth-order valence-electron chi connectivity index (χ4n) is 4.77. The lowest BCUT2D eigenvalue weighted by Gasteiger charge is -2.40. The number of hydrogen-bond acceptors (Lipinski definition) is 6. The van der Waals surface area contributed by atoms with Gasteiger partial charge in [0.2, 0.25) is 0 Å². The van der Waals surface area contributed by atoms with Crippen LogP contribution in [-0.4, -0.2) is 44.9 Å². The lowest BCUT2D eigenvalue weighted by Crippen LogP contribution is -2.51. The Balaban J connectivity index is 1.44. The van der Waals surface area contributed by atoms with Gasteiger partial charge in [0.15, 0.2) is 11.4 Å². The molecule has 1 aliphatic rings. The van der Waals surface area contributed by atoms with E-state index in [1.807, 2.05) is 0 Å². The lowest BCUT2D eigenvalue weighted by atomic mass is 9.89. The standard InChI is InChI=1S/C26H25F2N5O2/c1-15-5-3-10-33(21(15)14-31-26-32-20-13-17(27)6-7-22(20)35-26)25(34)19-12-18(28)11-16(2)23(19)24-29-8-4-9-30-24/h4,6-9,11-13,15,21H,3,5,10,14H2,1-2H3,(H,31,32)/t15-,21-/m1/s1. The topological polar surface area (TPSA) is 84.2 Å². The average molecular weight is 478 g/mol. The zero-order valence-corrected chi connectivity index (χ0v) is 19.5. The minimum atomic E-state index is -0.482. The number of carbonyl (C=O) groups is 1. The molecule has 0 saturated carbocycles. The molecule has 0 aliphatic carbocycles. The van der Waals surface area contributed by atoms with E-state index in [0.29, 0.717) is 41.1 Å². The van der Waals surface area contributed by atoms with Crippen LogP contribution in [0.5, 0.6) is 0 Å². The Kier molecular flexibility index (Phi) is 6.15. The molecule has 1 aliphatic heterocycles. The van der Waals surface area contributed by atoms with Crippen LogP contribution in [0.4, 0.5) is 14.8 Å². The zero-order valence-electron chi connectivity index (χ0n) is 19.5. The van der Waals surface area contributed by atoms with Gasteiger partial charge in [0.05, 0.1) is 11.6 Å². The highest BCUT2D eigenvalue weighted by Crippen LogP contribution is 2.31. The minimum Gasteiger partial charge on any atom is -0.424 e. The van der Waals surface area contributed by atoms with Crippen molar-refractivity contribution in [2.45, 2.75) is 32.7 Å². The van der Waals surface area contributed by atoms with Crippen molar-refractivity contribution >= 4 is 23.0 Å². The number of carbonyl (C=O) groups excluding carboxylic acids is 1. The van der Waals surface area contributed by atoms with Gasteiger partial charge in [0.25, 0.3) is 11.9 Å². The van der Waals surface area contributed by atoms with Crippen molar-refractivity contribution in [3.63, 3.8) is 0 Å². The number of likely N-dealkylation sites (tertiary alicyclic amines) is 1. The Morgan fingerprint density at radius 3 is 2.77 bits per heavy atom. The molecule has 1 amide bonds. The maximum absolute atomic E-state index is 14.5. The summed E-state index contributed by atoms with van der Waals surface area (Å²) in [4.78, 5) is 28.5. The van der Waals surface area contributed by atoms with Crippen LogP contribution in [0.25, 0.3) is 22.5 Å². The van der Waals surface area contributed by atoms with E-state index in [0.717, 1.165) is 12.8 Å².